The van der Waals surface area contributed by atoms with Crippen LogP contribution >= 0.6 is 0 Å². The van der Waals surface area contributed by atoms with E-state index in [4.69, 9.17) is 0 Å². The maximum atomic E-state index is 11.6. The molecule has 2 heterocycles. The molecule has 0 atom stereocenters. The summed E-state index contributed by atoms with van der Waals surface area (Å²) in [5.74, 6) is -0.283. The van der Waals surface area contributed by atoms with Gasteiger partial charge in [0.2, 0.25) is 0 Å². The highest BCUT2D eigenvalue weighted by atomic mass is 16.1. The molecule has 0 aliphatic heterocycles. The van der Waals surface area contributed by atoms with Crippen molar-refractivity contribution in [3.63, 3.8) is 0 Å². The van der Waals surface area contributed by atoms with Crippen LogP contribution in [0.25, 0.3) is 0 Å². The van der Waals surface area contributed by atoms with E-state index in [0.717, 1.165) is 0 Å². The fourth-order valence-corrected chi connectivity index (χ4v) is 1.05. The second kappa shape index (κ2) is 4.28. The summed E-state index contributed by atoms with van der Waals surface area (Å²) >= 11 is 0. The highest BCUT2D eigenvalue weighted by molar-refractivity contribution is 6.02. The third kappa shape index (κ3) is 2.34. The largest absolute Gasteiger partial charge is 0.320 e. The fourth-order valence-electron chi connectivity index (χ4n) is 1.05. The Morgan fingerprint density at radius 1 is 1.13 bits per heavy atom. The highest BCUT2D eigenvalue weighted by Gasteiger charge is 2.06. The SMILES string of the molecule is O=C(Nc1ccncc1)c1cccnn1. The van der Waals surface area contributed by atoms with Crippen molar-refractivity contribution in [2.45, 2.75) is 0 Å². The number of carbonyl (C=O) groups is 1. The maximum absolute atomic E-state index is 11.6. The van der Waals surface area contributed by atoms with Gasteiger partial charge in [-0.15, -0.1) is 5.10 Å². The van der Waals surface area contributed by atoms with E-state index < -0.39 is 0 Å². The molecule has 0 radical (unpaired) electrons. The molecule has 0 saturated carbocycles. The van der Waals surface area contributed by atoms with Gasteiger partial charge in [-0.05, 0) is 24.3 Å². The van der Waals surface area contributed by atoms with Crippen LogP contribution < -0.4 is 5.32 Å². The van der Waals surface area contributed by atoms with Gasteiger partial charge >= 0.3 is 0 Å². The Kier molecular flexibility index (Phi) is 2.64. The minimum Gasteiger partial charge on any atom is -0.320 e. The molecular formula is C10H8N4O. The Morgan fingerprint density at radius 3 is 2.60 bits per heavy atom. The van der Waals surface area contributed by atoms with E-state index in [1.165, 1.54) is 6.20 Å². The average molecular weight is 200 g/mol. The van der Waals surface area contributed by atoms with Crippen molar-refractivity contribution in [2.75, 3.05) is 5.32 Å². The van der Waals surface area contributed by atoms with E-state index in [9.17, 15) is 4.79 Å². The third-order valence-electron chi connectivity index (χ3n) is 1.74. The van der Waals surface area contributed by atoms with Crippen LogP contribution in [-0.2, 0) is 0 Å². The predicted molar refractivity (Wildman–Crippen MR) is 54.2 cm³/mol. The molecular weight excluding hydrogens is 192 g/mol. The van der Waals surface area contributed by atoms with E-state index in [1.54, 1.807) is 36.7 Å². The lowest BCUT2D eigenvalue weighted by molar-refractivity contribution is 0.102. The van der Waals surface area contributed by atoms with Gasteiger partial charge in [0.25, 0.3) is 5.91 Å². The molecule has 0 aliphatic carbocycles. The lowest BCUT2D eigenvalue weighted by Gasteiger charge is -2.02. The summed E-state index contributed by atoms with van der Waals surface area (Å²) in [5.41, 5.74) is 0.968. The summed E-state index contributed by atoms with van der Waals surface area (Å²) in [6, 6.07) is 6.67. The minimum absolute atomic E-state index is 0.283. The number of amides is 1. The monoisotopic (exact) mass is 200 g/mol. The van der Waals surface area contributed by atoms with Crippen LogP contribution in [0.1, 0.15) is 10.5 Å². The number of hydrogen-bond acceptors (Lipinski definition) is 4. The van der Waals surface area contributed by atoms with Gasteiger partial charge in [-0.2, -0.15) is 5.10 Å². The molecule has 0 aliphatic rings. The van der Waals surface area contributed by atoms with E-state index in [-0.39, 0.29) is 11.6 Å². The zero-order valence-corrected chi connectivity index (χ0v) is 7.79. The van der Waals surface area contributed by atoms with Crippen LogP contribution in [0.3, 0.4) is 0 Å². The maximum Gasteiger partial charge on any atom is 0.276 e. The Balaban J connectivity index is 2.12. The normalized spacial score (nSPS) is 9.60. The average Bonchev–Trinajstić information content (AvgIpc) is 2.31. The first-order chi connectivity index (χ1) is 7.36. The van der Waals surface area contributed by atoms with Crippen molar-refractivity contribution in [1.82, 2.24) is 15.2 Å². The van der Waals surface area contributed by atoms with Crippen LogP contribution in [-0.4, -0.2) is 21.1 Å². The number of anilines is 1. The molecule has 15 heavy (non-hydrogen) atoms. The van der Waals surface area contributed by atoms with Gasteiger partial charge in [-0.3, -0.25) is 9.78 Å². The summed E-state index contributed by atoms with van der Waals surface area (Å²) in [7, 11) is 0. The van der Waals surface area contributed by atoms with Crippen LogP contribution in [0.15, 0.2) is 42.9 Å². The van der Waals surface area contributed by atoms with E-state index in [1.807, 2.05) is 0 Å². The summed E-state index contributed by atoms with van der Waals surface area (Å²) in [4.78, 5) is 15.4. The summed E-state index contributed by atoms with van der Waals surface area (Å²) in [6.07, 6.45) is 4.72. The lowest BCUT2D eigenvalue weighted by atomic mass is 10.3. The topological polar surface area (TPSA) is 67.8 Å². The van der Waals surface area contributed by atoms with Crippen LogP contribution in [0.4, 0.5) is 5.69 Å². The number of nitrogens with zero attached hydrogens (tertiary/aromatic N) is 3. The molecule has 1 N–H and O–H groups in total. The van der Waals surface area contributed by atoms with Gasteiger partial charge in [0.15, 0.2) is 5.69 Å². The van der Waals surface area contributed by atoms with Gasteiger partial charge < -0.3 is 5.32 Å². The molecule has 0 unspecified atom stereocenters. The number of pyridine rings is 1. The molecule has 0 bridgehead atoms. The Bertz CT molecular complexity index is 443. The van der Waals surface area contributed by atoms with E-state index in [2.05, 4.69) is 20.5 Å². The molecule has 5 nitrogen and oxygen atoms in total. The zero-order valence-electron chi connectivity index (χ0n) is 7.79. The third-order valence-corrected chi connectivity index (χ3v) is 1.74. The number of rotatable bonds is 2. The molecule has 2 rings (SSSR count). The molecule has 74 valence electrons. The number of carbonyl (C=O) groups excluding carboxylic acids is 1. The Labute approximate surface area is 86.2 Å². The lowest BCUT2D eigenvalue weighted by Crippen LogP contribution is -2.13. The van der Waals surface area contributed by atoms with Crippen molar-refractivity contribution < 1.29 is 4.79 Å². The smallest absolute Gasteiger partial charge is 0.276 e. The molecule has 0 fully saturated rings. The highest BCUT2D eigenvalue weighted by Crippen LogP contribution is 2.05. The molecule has 5 heteroatoms. The first-order valence-corrected chi connectivity index (χ1v) is 4.35. The Hall–Kier alpha value is -2.30. The van der Waals surface area contributed by atoms with Crippen LogP contribution in [0, 0.1) is 0 Å². The van der Waals surface area contributed by atoms with Crippen molar-refractivity contribution >= 4 is 11.6 Å². The number of nitrogens with one attached hydrogen (secondary N) is 1. The standard InChI is InChI=1S/C10H8N4O/c15-10(9-2-1-5-12-14-9)13-8-3-6-11-7-4-8/h1-7H,(H,11,13,15). The molecule has 2 aromatic rings. The molecule has 0 saturated heterocycles. The number of hydrogen-bond donors (Lipinski definition) is 1. The van der Waals surface area contributed by atoms with Gasteiger partial charge in [0.1, 0.15) is 0 Å². The second-order valence-electron chi connectivity index (χ2n) is 2.80. The molecule has 0 aromatic carbocycles. The summed E-state index contributed by atoms with van der Waals surface area (Å²) in [6.45, 7) is 0. The van der Waals surface area contributed by atoms with Crippen molar-refractivity contribution in [2.24, 2.45) is 0 Å². The number of aromatic nitrogens is 3. The molecule has 0 spiro atoms. The van der Waals surface area contributed by atoms with Gasteiger partial charge in [0, 0.05) is 24.3 Å². The molecule has 2 aromatic heterocycles. The van der Waals surface area contributed by atoms with E-state index in [0.29, 0.717) is 5.69 Å². The minimum atomic E-state index is -0.283. The van der Waals surface area contributed by atoms with Crippen LogP contribution in [0.5, 0.6) is 0 Å². The molecule has 1 amide bonds. The van der Waals surface area contributed by atoms with Gasteiger partial charge in [-0.25, -0.2) is 0 Å². The predicted octanol–water partition coefficient (Wildman–Crippen LogP) is 1.12. The Morgan fingerprint density at radius 2 is 1.93 bits per heavy atom. The second-order valence-corrected chi connectivity index (χ2v) is 2.80. The van der Waals surface area contributed by atoms with Crippen molar-refractivity contribution in [3.05, 3.63) is 48.5 Å². The van der Waals surface area contributed by atoms with Gasteiger partial charge in [0.05, 0.1) is 0 Å². The zero-order chi connectivity index (χ0) is 10.5. The summed E-state index contributed by atoms with van der Waals surface area (Å²) < 4.78 is 0. The van der Waals surface area contributed by atoms with Gasteiger partial charge in [-0.1, -0.05) is 0 Å². The van der Waals surface area contributed by atoms with E-state index >= 15 is 0 Å². The quantitative estimate of drug-likeness (QED) is 0.788. The fraction of sp³-hybridized carbons (Fsp3) is 0. The van der Waals surface area contributed by atoms with Crippen LogP contribution in [0.2, 0.25) is 0 Å². The summed E-state index contributed by atoms with van der Waals surface area (Å²) in [5, 5.41) is 10.00. The first-order valence-electron chi connectivity index (χ1n) is 4.35. The first kappa shape index (κ1) is 9.26. The van der Waals surface area contributed by atoms with Crippen molar-refractivity contribution in [3.8, 4) is 0 Å². The van der Waals surface area contributed by atoms with Crippen molar-refractivity contribution in [1.29, 1.82) is 0 Å².